The van der Waals surface area contributed by atoms with Crippen LogP contribution in [0.25, 0.3) is 0 Å². The molecular formula is C19H23N3O3S. The van der Waals surface area contributed by atoms with Crippen molar-refractivity contribution >= 4 is 34.5 Å². The molecule has 3 N–H and O–H groups in total. The second-order valence-corrected chi connectivity index (χ2v) is 7.39. The lowest BCUT2D eigenvalue weighted by Crippen LogP contribution is -2.47. The third-order valence-electron chi connectivity index (χ3n) is 4.58. The van der Waals surface area contributed by atoms with Crippen molar-refractivity contribution in [3.63, 3.8) is 0 Å². The molecule has 3 rings (SSSR count). The number of hydrogen-bond donors (Lipinski definition) is 3. The first-order chi connectivity index (χ1) is 12.5. The van der Waals surface area contributed by atoms with Crippen molar-refractivity contribution in [2.75, 3.05) is 23.7 Å². The second kappa shape index (κ2) is 8.44. The molecule has 1 aromatic heterocycles. The number of anilines is 2. The third-order valence-corrected chi connectivity index (χ3v) is 5.45. The Kier molecular flexibility index (Phi) is 6.03. The number of piperidine rings is 1. The van der Waals surface area contributed by atoms with E-state index in [4.69, 9.17) is 0 Å². The summed E-state index contributed by atoms with van der Waals surface area (Å²) >= 11 is 1.39. The lowest BCUT2D eigenvalue weighted by atomic mass is 10.1. The number of hydrogen-bond acceptors (Lipinski definition) is 5. The number of likely N-dealkylation sites (tertiary alicyclic amines) is 1. The molecule has 2 aromatic rings. The summed E-state index contributed by atoms with van der Waals surface area (Å²) in [4.78, 5) is 27.2. The summed E-state index contributed by atoms with van der Waals surface area (Å²) in [6.45, 7) is 3.33. The highest BCUT2D eigenvalue weighted by Gasteiger charge is 2.25. The number of amides is 2. The first-order valence-electron chi connectivity index (χ1n) is 8.71. The van der Waals surface area contributed by atoms with Gasteiger partial charge < -0.3 is 15.7 Å². The number of aliphatic hydroxyl groups excluding tert-OH is 1. The van der Waals surface area contributed by atoms with Gasteiger partial charge in [0.1, 0.15) is 0 Å². The number of carbonyl (C=O) groups is 2. The topological polar surface area (TPSA) is 81.7 Å². The minimum Gasteiger partial charge on any atom is -0.393 e. The van der Waals surface area contributed by atoms with Crippen molar-refractivity contribution < 1.29 is 14.7 Å². The molecule has 26 heavy (non-hydrogen) atoms. The van der Waals surface area contributed by atoms with E-state index in [2.05, 4.69) is 15.5 Å². The van der Waals surface area contributed by atoms with Crippen LogP contribution in [0.2, 0.25) is 0 Å². The first kappa shape index (κ1) is 18.6. The Labute approximate surface area is 156 Å². The molecule has 0 aliphatic carbocycles. The van der Waals surface area contributed by atoms with Crippen LogP contribution in [0.4, 0.5) is 11.4 Å². The lowest BCUT2D eigenvalue weighted by Gasteiger charge is -2.33. The van der Waals surface area contributed by atoms with E-state index in [0.29, 0.717) is 29.1 Å². The Bertz CT molecular complexity index is 738. The minimum atomic E-state index is -0.251. The zero-order valence-corrected chi connectivity index (χ0v) is 15.5. The zero-order valence-electron chi connectivity index (χ0n) is 14.6. The van der Waals surface area contributed by atoms with Gasteiger partial charge in [-0.15, -0.1) is 11.3 Å². The highest BCUT2D eigenvalue weighted by molar-refractivity contribution is 7.12. The fourth-order valence-corrected chi connectivity index (χ4v) is 3.54. The summed E-state index contributed by atoms with van der Waals surface area (Å²) in [5.41, 5.74) is 1.37. The molecule has 0 radical (unpaired) electrons. The average Bonchev–Trinajstić information content (AvgIpc) is 3.18. The van der Waals surface area contributed by atoms with Crippen molar-refractivity contribution in [3.05, 3.63) is 46.7 Å². The minimum absolute atomic E-state index is 0.0724. The molecule has 138 valence electrons. The lowest BCUT2D eigenvalue weighted by molar-refractivity contribution is -0.121. The van der Waals surface area contributed by atoms with Crippen LogP contribution in [-0.2, 0) is 4.79 Å². The molecule has 0 unspecified atom stereocenters. The maximum atomic E-state index is 12.4. The van der Waals surface area contributed by atoms with Crippen LogP contribution in [0, 0.1) is 0 Å². The first-order valence-corrected chi connectivity index (χ1v) is 9.59. The number of thiophene rings is 1. The van der Waals surface area contributed by atoms with E-state index >= 15 is 0 Å². The van der Waals surface area contributed by atoms with Crippen molar-refractivity contribution in [2.45, 2.75) is 31.9 Å². The Morgan fingerprint density at radius 2 is 1.73 bits per heavy atom. The number of carbonyl (C=O) groups excluding carboxylic acids is 2. The number of nitrogens with zero attached hydrogens (tertiary/aromatic N) is 1. The maximum Gasteiger partial charge on any atom is 0.265 e. The molecule has 0 spiro atoms. The molecule has 2 amide bonds. The van der Waals surface area contributed by atoms with E-state index in [-0.39, 0.29) is 24.0 Å². The van der Waals surface area contributed by atoms with Gasteiger partial charge >= 0.3 is 0 Å². The summed E-state index contributed by atoms with van der Waals surface area (Å²) < 4.78 is 0. The third kappa shape index (κ3) is 4.69. The Morgan fingerprint density at radius 3 is 2.31 bits per heavy atom. The highest BCUT2D eigenvalue weighted by Crippen LogP contribution is 2.18. The van der Waals surface area contributed by atoms with Gasteiger partial charge in [0.15, 0.2) is 0 Å². The van der Waals surface area contributed by atoms with Crippen LogP contribution in [-0.4, -0.2) is 47.1 Å². The molecule has 2 heterocycles. The van der Waals surface area contributed by atoms with Crippen LogP contribution in [0.15, 0.2) is 41.8 Å². The Morgan fingerprint density at radius 1 is 1.12 bits per heavy atom. The van der Waals surface area contributed by atoms with Gasteiger partial charge in [0.25, 0.3) is 5.91 Å². The van der Waals surface area contributed by atoms with Gasteiger partial charge in [-0.1, -0.05) is 6.07 Å². The molecule has 1 fully saturated rings. The molecule has 1 aliphatic heterocycles. The van der Waals surface area contributed by atoms with E-state index in [9.17, 15) is 14.7 Å². The predicted molar refractivity (Wildman–Crippen MR) is 104 cm³/mol. The van der Waals surface area contributed by atoms with Gasteiger partial charge in [-0.2, -0.15) is 0 Å². The van der Waals surface area contributed by atoms with Gasteiger partial charge in [-0.25, -0.2) is 0 Å². The Hall–Kier alpha value is -2.22. The summed E-state index contributed by atoms with van der Waals surface area (Å²) in [6, 6.07) is 10.4. The smallest absolute Gasteiger partial charge is 0.265 e. The summed E-state index contributed by atoms with van der Waals surface area (Å²) in [5.74, 6) is -0.213. The maximum absolute atomic E-state index is 12.4. The molecule has 1 saturated heterocycles. The molecule has 0 saturated carbocycles. The summed E-state index contributed by atoms with van der Waals surface area (Å²) in [6.07, 6.45) is 1.16. The summed E-state index contributed by atoms with van der Waals surface area (Å²) in [7, 11) is 0. The van der Waals surface area contributed by atoms with Gasteiger partial charge in [0, 0.05) is 24.5 Å². The number of benzene rings is 1. The quantitative estimate of drug-likeness (QED) is 0.753. The van der Waals surface area contributed by atoms with Crippen molar-refractivity contribution in [1.82, 2.24) is 4.90 Å². The monoisotopic (exact) mass is 373 g/mol. The normalized spacial score (nSPS) is 16.8. The number of rotatable bonds is 5. The van der Waals surface area contributed by atoms with E-state index in [0.717, 1.165) is 13.1 Å². The van der Waals surface area contributed by atoms with Gasteiger partial charge in [-0.3, -0.25) is 14.5 Å². The van der Waals surface area contributed by atoms with E-state index in [1.165, 1.54) is 11.3 Å². The van der Waals surface area contributed by atoms with Crippen LogP contribution < -0.4 is 10.6 Å². The molecule has 1 atom stereocenters. The van der Waals surface area contributed by atoms with Crippen LogP contribution in [0.5, 0.6) is 0 Å². The van der Waals surface area contributed by atoms with Crippen molar-refractivity contribution in [1.29, 1.82) is 0 Å². The predicted octanol–water partition coefficient (Wildman–Crippen LogP) is 2.78. The van der Waals surface area contributed by atoms with Crippen LogP contribution in [0.3, 0.4) is 0 Å². The highest BCUT2D eigenvalue weighted by atomic mass is 32.1. The number of nitrogens with one attached hydrogen (secondary N) is 2. The largest absolute Gasteiger partial charge is 0.393 e. The average molecular weight is 373 g/mol. The van der Waals surface area contributed by atoms with Gasteiger partial charge in [-0.05, 0) is 55.5 Å². The van der Waals surface area contributed by atoms with Crippen LogP contribution in [0.1, 0.15) is 29.4 Å². The van der Waals surface area contributed by atoms with E-state index < -0.39 is 0 Å². The fourth-order valence-electron chi connectivity index (χ4n) is 2.92. The fraction of sp³-hybridized carbons (Fsp3) is 0.368. The zero-order chi connectivity index (χ0) is 18.5. The molecule has 6 nitrogen and oxygen atoms in total. The Balaban J connectivity index is 1.53. The molecule has 0 bridgehead atoms. The number of aliphatic hydroxyl groups is 1. The SMILES string of the molecule is C[C@H](C(=O)Nc1ccc(NC(=O)c2cccs2)cc1)N1CCC(O)CC1. The second-order valence-electron chi connectivity index (χ2n) is 6.44. The summed E-state index contributed by atoms with van der Waals surface area (Å²) in [5, 5.41) is 17.2. The molecular weight excluding hydrogens is 350 g/mol. The van der Waals surface area contributed by atoms with Crippen molar-refractivity contribution in [3.8, 4) is 0 Å². The van der Waals surface area contributed by atoms with Crippen molar-refractivity contribution in [2.24, 2.45) is 0 Å². The van der Waals surface area contributed by atoms with E-state index in [1.807, 2.05) is 18.4 Å². The molecule has 7 heteroatoms. The standard InChI is InChI=1S/C19H23N3O3S/c1-13(22-10-8-16(23)9-11-22)18(24)20-14-4-6-15(7-5-14)21-19(25)17-3-2-12-26-17/h2-7,12-13,16,23H,8-11H2,1H3,(H,20,24)(H,21,25)/t13-/m1/s1. The molecule has 1 aromatic carbocycles. The molecule has 1 aliphatic rings. The van der Waals surface area contributed by atoms with Gasteiger partial charge in [0.2, 0.25) is 5.91 Å². The van der Waals surface area contributed by atoms with E-state index in [1.54, 1.807) is 30.3 Å². The van der Waals surface area contributed by atoms with Gasteiger partial charge in [0.05, 0.1) is 17.0 Å². The van der Waals surface area contributed by atoms with Crippen LogP contribution >= 0.6 is 11.3 Å².